The molecule has 0 bridgehead atoms. The van der Waals surface area contributed by atoms with E-state index in [2.05, 4.69) is 4.98 Å². The normalized spacial score (nSPS) is 16.6. The Hall–Kier alpha value is -2.11. The van der Waals surface area contributed by atoms with Gasteiger partial charge in [0.15, 0.2) is 0 Å². The minimum absolute atomic E-state index is 0.0534. The highest BCUT2D eigenvalue weighted by atomic mass is 16.5. The number of rotatable bonds is 3. The van der Waals surface area contributed by atoms with Crippen molar-refractivity contribution < 1.29 is 14.8 Å². The molecule has 2 N–H and O–H groups in total. The lowest BCUT2D eigenvalue weighted by Crippen LogP contribution is -2.30. The lowest BCUT2D eigenvalue weighted by molar-refractivity contribution is 0.239. The topological polar surface area (TPSA) is 62.6 Å². The van der Waals surface area contributed by atoms with Gasteiger partial charge in [-0.15, -0.1) is 0 Å². The van der Waals surface area contributed by atoms with Crippen molar-refractivity contribution in [2.24, 2.45) is 0 Å². The second-order valence-corrected chi connectivity index (χ2v) is 4.72. The van der Waals surface area contributed by atoms with Gasteiger partial charge in [0, 0.05) is 18.7 Å². The Bertz CT molecular complexity index is 628. The zero-order valence-corrected chi connectivity index (χ0v) is 10.8. The zero-order chi connectivity index (χ0) is 13.9. The van der Waals surface area contributed by atoms with E-state index in [4.69, 9.17) is 4.74 Å². The first-order valence-electron chi connectivity index (χ1n) is 6.47. The summed E-state index contributed by atoms with van der Waals surface area (Å²) >= 11 is 0. The fraction of sp³-hybridized carbons (Fsp3) is 0.133. The van der Waals surface area contributed by atoms with E-state index < -0.39 is 7.12 Å². The minimum Gasteiger partial charge on any atom is -0.470 e. The summed E-state index contributed by atoms with van der Waals surface area (Å²) in [6.45, 7) is 0. The summed E-state index contributed by atoms with van der Waals surface area (Å²) in [5, 5.41) is 18.3. The van der Waals surface area contributed by atoms with Gasteiger partial charge in [-0.05, 0) is 28.7 Å². The molecule has 100 valence electrons. The van der Waals surface area contributed by atoms with E-state index in [0.717, 1.165) is 17.5 Å². The van der Waals surface area contributed by atoms with E-state index in [-0.39, 0.29) is 6.10 Å². The number of fused-ring (bicyclic) bond motifs is 1. The molecule has 0 fully saturated rings. The van der Waals surface area contributed by atoms with Crippen LogP contribution in [0.5, 0.6) is 5.88 Å². The van der Waals surface area contributed by atoms with Gasteiger partial charge in [-0.3, -0.25) is 0 Å². The monoisotopic (exact) mass is 267 g/mol. The van der Waals surface area contributed by atoms with Crippen LogP contribution in [0.1, 0.15) is 11.1 Å². The fourth-order valence-corrected chi connectivity index (χ4v) is 2.26. The van der Waals surface area contributed by atoms with Crippen molar-refractivity contribution in [2.45, 2.75) is 12.5 Å². The maximum absolute atomic E-state index is 9.17. The molecule has 2 aromatic rings. The molecule has 1 aromatic heterocycles. The molecule has 1 atom stereocenters. The highest BCUT2D eigenvalue weighted by molar-refractivity contribution is 6.58. The van der Waals surface area contributed by atoms with E-state index in [1.165, 1.54) is 0 Å². The third-order valence-electron chi connectivity index (χ3n) is 3.29. The summed E-state index contributed by atoms with van der Waals surface area (Å²) < 4.78 is 5.79. The second kappa shape index (κ2) is 5.49. The van der Waals surface area contributed by atoms with Crippen LogP contribution in [0.2, 0.25) is 0 Å². The van der Waals surface area contributed by atoms with Gasteiger partial charge in [0.25, 0.3) is 0 Å². The lowest BCUT2D eigenvalue weighted by atomic mass is 9.78. The van der Waals surface area contributed by atoms with Gasteiger partial charge in [-0.1, -0.05) is 30.3 Å². The van der Waals surface area contributed by atoms with Gasteiger partial charge in [0.05, 0.1) is 0 Å². The molecular weight excluding hydrogens is 253 g/mol. The SMILES string of the molecule is OB(O)c1ccc2c(c1)C=CC(Oc1ccccn1)C2. The molecule has 0 radical (unpaired) electrons. The third-order valence-corrected chi connectivity index (χ3v) is 3.29. The number of nitrogens with zero attached hydrogens (tertiary/aromatic N) is 1. The minimum atomic E-state index is -1.43. The molecule has 0 aliphatic heterocycles. The van der Waals surface area contributed by atoms with Gasteiger partial charge in [0.1, 0.15) is 6.10 Å². The van der Waals surface area contributed by atoms with Crippen LogP contribution in [-0.2, 0) is 6.42 Å². The molecule has 0 spiro atoms. The summed E-state index contributed by atoms with van der Waals surface area (Å²) in [7, 11) is -1.43. The van der Waals surface area contributed by atoms with Crippen molar-refractivity contribution in [3.05, 3.63) is 59.8 Å². The van der Waals surface area contributed by atoms with Crippen LogP contribution in [0, 0.1) is 0 Å². The van der Waals surface area contributed by atoms with Gasteiger partial charge in [0.2, 0.25) is 5.88 Å². The number of hydrogen-bond donors (Lipinski definition) is 2. The van der Waals surface area contributed by atoms with Crippen molar-refractivity contribution in [3.63, 3.8) is 0 Å². The summed E-state index contributed by atoms with van der Waals surface area (Å²) in [5.74, 6) is 0.605. The van der Waals surface area contributed by atoms with Crippen LogP contribution in [0.4, 0.5) is 0 Å². The van der Waals surface area contributed by atoms with Crippen LogP contribution in [0.3, 0.4) is 0 Å². The summed E-state index contributed by atoms with van der Waals surface area (Å²) in [5.41, 5.74) is 2.62. The highest BCUT2D eigenvalue weighted by Gasteiger charge is 2.18. The number of benzene rings is 1. The number of hydrogen-bond acceptors (Lipinski definition) is 4. The Morgan fingerprint density at radius 1 is 1.20 bits per heavy atom. The molecule has 0 amide bonds. The first kappa shape index (κ1) is 12.9. The molecule has 1 aliphatic rings. The largest absolute Gasteiger partial charge is 0.488 e. The second-order valence-electron chi connectivity index (χ2n) is 4.72. The fourth-order valence-electron chi connectivity index (χ4n) is 2.26. The molecule has 5 heteroatoms. The van der Waals surface area contributed by atoms with Gasteiger partial charge < -0.3 is 14.8 Å². The van der Waals surface area contributed by atoms with E-state index >= 15 is 0 Å². The summed E-state index contributed by atoms with van der Waals surface area (Å²) in [4.78, 5) is 4.14. The zero-order valence-electron chi connectivity index (χ0n) is 10.8. The molecule has 1 aromatic carbocycles. The Balaban J connectivity index is 1.77. The van der Waals surface area contributed by atoms with Gasteiger partial charge in [-0.2, -0.15) is 0 Å². The van der Waals surface area contributed by atoms with Crippen molar-refractivity contribution >= 4 is 18.7 Å². The molecule has 20 heavy (non-hydrogen) atoms. The molecule has 1 unspecified atom stereocenters. The molecule has 0 saturated carbocycles. The van der Waals surface area contributed by atoms with Gasteiger partial charge in [-0.25, -0.2) is 4.98 Å². The van der Waals surface area contributed by atoms with Gasteiger partial charge >= 0.3 is 7.12 Å². The molecule has 0 saturated heterocycles. The lowest BCUT2D eigenvalue weighted by Gasteiger charge is -2.20. The van der Waals surface area contributed by atoms with E-state index in [0.29, 0.717) is 11.3 Å². The molecule has 1 aliphatic carbocycles. The average molecular weight is 267 g/mol. The Morgan fingerprint density at radius 2 is 2.10 bits per heavy atom. The number of ether oxygens (including phenoxy) is 1. The standard InChI is InChI=1S/C15H14BNO3/c18-16(19)13-6-4-12-10-14(7-5-11(12)9-13)20-15-3-1-2-8-17-15/h1-9,14,18-19H,10H2. The quantitative estimate of drug-likeness (QED) is 0.807. The summed E-state index contributed by atoms with van der Waals surface area (Å²) in [6, 6.07) is 11.0. The molecular formula is C15H14BNO3. The van der Waals surface area contributed by atoms with Crippen molar-refractivity contribution in [1.29, 1.82) is 0 Å². The van der Waals surface area contributed by atoms with Crippen LogP contribution >= 0.6 is 0 Å². The first-order valence-corrected chi connectivity index (χ1v) is 6.47. The van der Waals surface area contributed by atoms with Crippen LogP contribution in [0.15, 0.2) is 48.7 Å². The average Bonchev–Trinajstić information content (AvgIpc) is 2.47. The van der Waals surface area contributed by atoms with E-state index in [1.807, 2.05) is 36.4 Å². The first-order chi connectivity index (χ1) is 9.72. The maximum Gasteiger partial charge on any atom is 0.488 e. The molecule has 1 heterocycles. The van der Waals surface area contributed by atoms with Crippen molar-refractivity contribution in [1.82, 2.24) is 4.98 Å². The van der Waals surface area contributed by atoms with E-state index in [1.54, 1.807) is 18.3 Å². The number of pyridine rings is 1. The Kier molecular flexibility index (Phi) is 3.54. The molecule has 3 rings (SSSR count). The highest BCUT2D eigenvalue weighted by Crippen LogP contribution is 2.21. The predicted molar refractivity (Wildman–Crippen MR) is 77.7 cm³/mol. The van der Waals surface area contributed by atoms with Crippen LogP contribution in [0.25, 0.3) is 6.08 Å². The molecule has 4 nitrogen and oxygen atoms in total. The Morgan fingerprint density at radius 3 is 2.85 bits per heavy atom. The van der Waals surface area contributed by atoms with Crippen LogP contribution < -0.4 is 10.2 Å². The third kappa shape index (κ3) is 2.74. The predicted octanol–water partition coefficient (Wildman–Crippen LogP) is 0.778. The van der Waals surface area contributed by atoms with Crippen molar-refractivity contribution in [2.75, 3.05) is 0 Å². The van der Waals surface area contributed by atoms with Crippen LogP contribution in [-0.4, -0.2) is 28.3 Å². The number of aromatic nitrogens is 1. The Labute approximate surface area is 117 Å². The van der Waals surface area contributed by atoms with E-state index in [9.17, 15) is 10.0 Å². The smallest absolute Gasteiger partial charge is 0.470 e. The van der Waals surface area contributed by atoms with Crippen molar-refractivity contribution in [3.8, 4) is 5.88 Å². The summed E-state index contributed by atoms with van der Waals surface area (Å²) in [6.07, 6.45) is 6.29. The maximum atomic E-state index is 9.17.